The Morgan fingerprint density at radius 1 is 1.21 bits per heavy atom. The Balaban J connectivity index is 1.44. The first-order chi connectivity index (χ1) is 19.0. The molecule has 0 aliphatic carbocycles. The Bertz CT molecular complexity index is 1250. The molecule has 2 N–H and O–H groups in total. The second kappa shape index (κ2) is 14.2. The fourth-order valence-corrected chi connectivity index (χ4v) is 4.82. The molecule has 0 saturated carbocycles. The van der Waals surface area contributed by atoms with Gasteiger partial charge in [-0.1, -0.05) is 58.0 Å². The van der Waals surface area contributed by atoms with Crippen molar-refractivity contribution in [1.29, 1.82) is 0 Å². The number of nitrogens with one attached hydrogen (secondary N) is 2. The summed E-state index contributed by atoms with van der Waals surface area (Å²) in [5.41, 5.74) is 3.97. The molecule has 0 atom stereocenters. The van der Waals surface area contributed by atoms with Crippen LogP contribution in [0.2, 0.25) is 0 Å². The molecule has 4 rings (SSSR count). The molecule has 210 valence electrons. The number of rotatable bonds is 14. The van der Waals surface area contributed by atoms with Crippen LogP contribution in [0.4, 0.5) is 11.9 Å². The number of anilines is 2. The molecule has 1 aliphatic heterocycles. The minimum absolute atomic E-state index is 0.117. The smallest absolute Gasteiger partial charge is 0.229 e. The van der Waals surface area contributed by atoms with Crippen LogP contribution in [-0.2, 0) is 22.5 Å². The van der Waals surface area contributed by atoms with E-state index in [4.69, 9.17) is 14.7 Å². The maximum atomic E-state index is 12.6. The standard InChI is InChI=1S/C30H43N7O2/c1-5-14-36(6-2)15-8-11-26(38)19-23-9-7-10-24(18-23)20-31-30-35-29(33-25-12-16-39-17-13-25)34-28-27(22(3)4)21-32-37(28)30/h7-11,18,21-22,25H,5-6,12-17,19-20H2,1-4H3,(H2,31,33,34,35)/b11-8+. The van der Waals surface area contributed by atoms with Gasteiger partial charge < -0.3 is 15.4 Å². The van der Waals surface area contributed by atoms with Gasteiger partial charge in [0.15, 0.2) is 11.4 Å². The van der Waals surface area contributed by atoms with E-state index < -0.39 is 0 Å². The van der Waals surface area contributed by atoms with Crippen LogP contribution < -0.4 is 10.6 Å². The Hall–Kier alpha value is -3.30. The molecule has 1 aliphatic rings. The first-order valence-corrected chi connectivity index (χ1v) is 14.3. The lowest BCUT2D eigenvalue weighted by atomic mass is 10.1. The molecule has 0 spiro atoms. The molecule has 39 heavy (non-hydrogen) atoms. The summed E-state index contributed by atoms with van der Waals surface area (Å²) in [5.74, 6) is 1.65. The van der Waals surface area contributed by atoms with E-state index in [2.05, 4.69) is 60.5 Å². The molecule has 3 heterocycles. The van der Waals surface area contributed by atoms with Gasteiger partial charge in [0.1, 0.15) is 0 Å². The third-order valence-electron chi connectivity index (χ3n) is 7.05. The number of hydrogen-bond donors (Lipinski definition) is 2. The predicted molar refractivity (Wildman–Crippen MR) is 156 cm³/mol. The van der Waals surface area contributed by atoms with Crippen LogP contribution in [0, 0.1) is 0 Å². The summed E-state index contributed by atoms with van der Waals surface area (Å²) in [7, 11) is 0. The molecule has 2 aromatic heterocycles. The summed E-state index contributed by atoms with van der Waals surface area (Å²) in [6, 6.07) is 8.44. The Kier molecular flexibility index (Phi) is 10.4. The number of likely N-dealkylation sites (N-methyl/N-ethyl adjacent to an activating group) is 1. The Morgan fingerprint density at radius 3 is 2.74 bits per heavy atom. The highest BCUT2D eigenvalue weighted by atomic mass is 16.5. The number of nitrogens with zero attached hydrogens (tertiary/aromatic N) is 5. The van der Waals surface area contributed by atoms with E-state index in [1.165, 1.54) is 0 Å². The number of benzene rings is 1. The van der Waals surface area contributed by atoms with Gasteiger partial charge in [-0.05, 0) is 55.5 Å². The molecule has 0 radical (unpaired) electrons. The molecule has 0 amide bonds. The van der Waals surface area contributed by atoms with Gasteiger partial charge in [0.25, 0.3) is 0 Å². The topological polar surface area (TPSA) is 96.7 Å². The van der Waals surface area contributed by atoms with E-state index in [0.717, 1.165) is 74.4 Å². The van der Waals surface area contributed by atoms with E-state index in [-0.39, 0.29) is 5.78 Å². The number of carbonyl (C=O) groups is 1. The fourth-order valence-electron chi connectivity index (χ4n) is 4.82. The van der Waals surface area contributed by atoms with E-state index in [1.807, 2.05) is 24.4 Å². The molecular formula is C30H43N7O2. The van der Waals surface area contributed by atoms with Crippen molar-refractivity contribution in [2.75, 3.05) is 43.5 Å². The van der Waals surface area contributed by atoms with Crippen LogP contribution in [0.5, 0.6) is 0 Å². The average Bonchev–Trinajstić information content (AvgIpc) is 3.36. The lowest BCUT2D eigenvalue weighted by Gasteiger charge is -2.23. The minimum Gasteiger partial charge on any atom is -0.381 e. The summed E-state index contributed by atoms with van der Waals surface area (Å²) < 4.78 is 7.28. The number of ketones is 1. The van der Waals surface area contributed by atoms with Crippen molar-refractivity contribution in [2.45, 2.75) is 71.9 Å². The molecular weight excluding hydrogens is 490 g/mol. The number of hydrogen-bond acceptors (Lipinski definition) is 8. The largest absolute Gasteiger partial charge is 0.381 e. The molecule has 9 nitrogen and oxygen atoms in total. The zero-order valence-corrected chi connectivity index (χ0v) is 23.8. The van der Waals surface area contributed by atoms with Gasteiger partial charge in [0.2, 0.25) is 11.9 Å². The van der Waals surface area contributed by atoms with Crippen LogP contribution in [0.15, 0.2) is 42.6 Å². The average molecular weight is 534 g/mol. The fraction of sp³-hybridized carbons (Fsp3) is 0.533. The molecule has 1 saturated heterocycles. The monoisotopic (exact) mass is 533 g/mol. The summed E-state index contributed by atoms with van der Waals surface area (Å²) >= 11 is 0. The second-order valence-electron chi connectivity index (χ2n) is 10.5. The first-order valence-electron chi connectivity index (χ1n) is 14.3. The summed E-state index contributed by atoms with van der Waals surface area (Å²) in [5, 5.41) is 11.5. The van der Waals surface area contributed by atoms with Crippen LogP contribution in [0.25, 0.3) is 5.65 Å². The van der Waals surface area contributed by atoms with Gasteiger partial charge in [-0.25, -0.2) is 0 Å². The highest BCUT2D eigenvalue weighted by Gasteiger charge is 2.19. The summed E-state index contributed by atoms with van der Waals surface area (Å²) in [6.45, 7) is 13.5. The normalized spacial score (nSPS) is 14.6. The zero-order chi connectivity index (χ0) is 27.6. The maximum Gasteiger partial charge on any atom is 0.229 e. The van der Waals surface area contributed by atoms with Gasteiger partial charge in [0.05, 0.1) is 6.20 Å². The summed E-state index contributed by atoms with van der Waals surface area (Å²) in [6.07, 6.45) is 8.95. The number of aromatic nitrogens is 4. The summed E-state index contributed by atoms with van der Waals surface area (Å²) in [4.78, 5) is 24.5. The molecule has 3 aromatic rings. The van der Waals surface area contributed by atoms with Gasteiger partial charge in [-0.15, -0.1) is 0 Å². The van der Waals surface area contributed by atoms with Crippen LogP contribution in [0.3, 0.4) is 0 Å². The predicted octanol–water partition coefficient (Wildman–Crippen LogP) is 4.85. The van der Waals surface area contributed by atoms with Gasteiger partial charge in [-0.3, -0.25) is 9.69 Å². The second-order valence-corrected chi connectivity index (χ2v) is 10.5. The van der Waals surface area contributed by atoms with E-state index in [9.17, 15) is 4.79 Å². The molecule has 1 aromatic carbocycles. The molecule has 9 heteroatoms. The van der Waals surface area contributed by atoms with E-state index >= 15 is 0 Å². The third-order valence-corrected chi connectivity index (χ3v) is 7.05. The number of allylic oxidation sites excluding steroid dienone is 1. The van der Waals surface area contributed by atoms with E-state index in [1.54, 1.807) is 10.6 Å². The minimum atomic E-state index is 0.117. The molecule has 1 fully saturated rings. The van der Waals surface area contributed by atoms with Crippen molar-refractivity contribution in [3.63, 3.8) is 0 Å². The van der Waals surface area contributed by atoms with Gasteiger partial charge in [0, 0.05) is 44.3 Å². The third kappa shape index (κ3) is 8.10. The van der Waals surface area contributed by atoms with Crippen molar-refractivity contribution in [1.82, 2.24) is 24.5 Å². The quantitative estimate of drug-likeness (QED) is 0.284. The van der Waals surface area contributed by atoms with Crippen molar-refractivity contribution in [3.8, 4) is 0 Å². The van der Waals surface area contributed by atoms with Crippen molar-refractivity contribution < 1.29 is 9.53 Å². The number of ether oxygens (including phenoxy) is 1. The van der Waals surface area contributed by atoms with Crippen LogP contribution in [-0.4, -0.2) is 69.2 Å². The maximum absolute atomic E-state index is 12.6. The molecule has 0 bridgehead atoms. The van der Waals surface area contributed by atoms with Gasteiger partial charge in [-0.2, -0.15) is 19.6 Å². The highest BCUT2D eigenvalue weighted by Crippen LogP contribution is 2.23. The SMILES string of the molecule is CCCN(CC)C/C=C/C(=O)Cc1cccc(CNc2nc(NC3CCOCC3)nc3c(C(C)C)cnn23)c1. The zero-order valence-electron chi connectivity index (χ0n) is 23.8. The number of fused-ring (bicyclic) bond motifs is 1. The van der Waals surface area contributed by atoms with Crippen molar-refractivity contribution in [3.05, 3.63) is 59.3 Å². The lowest BCUT2D eigenvalue weighted by Crippen LogP contribution is -2.29. The van der Waals surface area contributed by atoms with Crippen molar-refractivity contribution >= 4 is 23.3 Å². The Labute approximate surface area is 232 Å². The molecule has 0 unspecified atom stereocenters. The highest BCUT2D eigenvalue weighted by molar-refractivity contribution is 5.91. The van der Waals surface area contributed by atoms with Crippen molar-refractivity contribution in [2.24, 2.45) is 0 Å². The van der Waals surface area contributed by atoms with Crippen LogP contribution >= 0.6 is 0 Å². The van der Waals surface area contributed by atoms with Gasteiger partial charge >= 0.3 is 0 Å². The first kappa shape index (κ1) is 28.7. The number of carbonyl (C=O) groups excluding carboxylic acids is 1. The lowest BCUT2D eigenvalue weighted by molar-refractivity contribution is -0.114. The Morgan fingerprint density at radius 2 is 2.00 bits per heavy atom. The van der Waals surface area contributed by atoms with E-state index in [0.29, 0.717) is 36.8 Å². The van der Waals surface area contributed by atoms with Crippen LogP contribution in [0.1, 0.15) is 69.6 Å².